The van der Waals surface area contributed by atoms with Gasteiger partial charge in [0, 0.05) is 11.8 Å². The van der Waals surface area contributed by atoms with Crippen LogP contribution in [0.3, 0.4) is 0 Å². The molecule has 0 atom stereocenters. The first-order chi connectivity index (χ1) is 9.83. The fourth-order valence-electron chi connectivity index (χ4n) is 1.68. The van der Waals surface area contributed by atoms with E-state index >= 15 is 0 Å². The molecule has 0 radical (unpaired) electrons. The summed E-state index contributed by atoms with van der Waals surface area (Å²) >= 11 is 0. The minimum Gasteiger partial charge on any atom is -0.494 e. The molecule has 0 aliphatic rings. The third kappa shape index (κ3) is 3.22. The van der Waals surface area contributed by atoms with E-state index in [-0.39, 0.29) is 17.1 Å². The molecule has 3 N–H and O–H groups in total. The molecule has 0 unspecified atom stereocenters. The number of anilines is 2. The Morgan fingerprint density at radius 3 is 2.38 bits per heavy atom. The molecule has 0 fully saturated rings. The van der Waals surface area contributed by atoms with Gasteiger partial charge in [-0.25, -0.2) is 17.2 Å². The second kappa shape index (κ2) is 5.57. The van der Waals surface area contributed by atoms with Crippen LogP contribution in [-0.4, -0.2) is 15.5 Å². The van der Waals surface area contributed by atoms with Gasteiger partial charge in [0.05, 0.1) is 12.8 Å². The Balaban J connectivity index is 2.35. The van der Waals surface area contributed by atoms with E-state index in [0.29, 0.717) is 0 Å². The molecule has 112 valence electrons. The molecule has 8 heteroatoms. The normalized spacial score (nSPS) is 11.2. The molecule has 5 nitrogen and oxygen atoms in total. The number of sulfonamides is 1. The zero-order valence-corrected chi connectivity index (χ0v) is 11.7. The Bertz CT molecular complexity index is 779. The number of ether oxygens (including phenoxy) is 1. The highest BCUT2D eigenvalue weighted by Gasteiger charge is 2.19. The summed E-state index contributed by atoms with van der Waals surface area (Å²) in [6.45, 7) is 0. The maximum atomic E-state index is 13.7. The Morgan fingerprint density at radius 2 is 1.81 bits per heavy atom. The number of benzene rings is 2. The summed E-state index contributed by atoms with van der Waals surface area (Å²) in [4.78, 5) is -0.576. The van der Waals surface area contributed by atoms with Crippen LogP contribution >= 0.6 is 0 Å². The first-order valence-electron chi connectivity index (χ1n) is 5.75. The largest absolute Gasteiger partial charge is 0.494 e. The molecule has 0 aliphatic carbocycles. The molecular weight excluding hydrogens is 302 g/mol. The van der Waals surface area contributed by atoms with Gasteiger partial charge in [0.25, 0.3) is 10.0 Å². The standard InChI is InChI=1S/C13H12F2N2O3S/c1-20-12-4-3-9(7-10(12)14)17-21(18,19)13-5-2-8(16)6-11(13)15/h2-7,17H,16H2,1H3. The van der Waals surface area contributed by atoms with Crippen molar-refractivity contribution < 1.29 is 21.9 Å². The Labute approximate surface area is 120 Å². The minimum absolute atomic E-state index is 0.0309. The number of methoxy groups -OCH3 is 1. The summed E-state index contributed by atoms with van der Waals surface area (Å²) in [5.41, 5.74) is 5.40. The van der Waals surface area contributed by atoms with Gasteiger partial charge in [-0.15, -0.1) is 0 Å². The van der Waals surface area contributed by atoms with Crippen molar-refractivity contribution in [2.45, 2.75) is 4.90 Å². The van der Waals surface area contributed by atoms with Gasteiger partial charge in [0.15, 0.2) is 11.6 Å². The van der Waals surface area contributed by atoms with Crippen molar-refractivity contribution in [3.8, 4) is 5.75 Å². The third-order valence-corrected chi connectivity index (χ3v) is 4.06. The molecule has 0 amide bonds. The van der Waals surface area contributed by atoms with Crippen LogP contribution in [0.2, 0.25) is 0 Å². The molecule has 0 saturated carbocycles. The molecule has 0 aliphatic heterocycles. The number of nitrogen functional groups attached to an aromatic ring is 1. The molecule has 0 aromatic heterocycles. The lowest BCUT2D eigenvalue weighted by molar-refractivity contribution is 0.386. The predicted octanol–water partition coefficient (Wildman–Crippen LogP) is 2.36. The highest BCUT2D eigenvalue weighted by Crippen LogP contribution is 2.24. The summed E-state index contributed by atoms with van der Waals surface area (Å²) in [6, 6.07) is 6.68. The zero-order valence-electron chi connectivity index (χ0n) is 10.9. The van der Waals surface area contributed by atoms with Gasteiger partial charge < -0.3 is 10.5 Å². The summed E-state index contributed by atoms with van der Waals surface area (Å²) in [6.07, 6.45) is 0. The van der Waals surface area contributed by atoms with E-state index in [1.165, 1.54) is 25.3 Å². The van der Waals surface area contributed by atoms with Crippen molar-refractivity contribution in [1.82, 2.24) is 0 Å². The Morgan fingerprint density at radius 1 is 1.10 bits per heavy atom. The maximum Gasteiger partial charge on any atom is 0.264 e. The molecule has 0 bridgehead atoms. The van der Waals surface area contributed by atoms with Crippen LogP contribution in [0.4, 0.5) is 20.2 Å². The first-order valence-corrected chi connectivity index (χ1v) is 7.23. The third-order valence-electron chi connectivity index (χ3n) is 2.65. The fraction of sp³-hybridized carbons (Fsp3) is 0.0769. The van der Waals surface area contributed by atoms with Crippen molar-refractivity contribution in [2.75, 3.05) is 17.6 Å². The van der Waals surface area contributed by atoms with Crippen molar-refractivity contribution in [2.24, 2.45) is 0 Å². The van der Waals surface area contributed by atoms with E-state index < -0.39 is 26.6 Å². The number of nitrogens with two attached hydrogens (primary N) is 1. The highest BCUT2D eigenvalue weighted by atomic mass is 32.2. The second-order valence-corrected chi connectivity index (χ2v) is 5.80. The number of nitrogens with one attached hydrogen (secondary N) is 1. The van der Waals surface area contributed by atoms with Crippen molar-refractivity contribution in [3.05, 3.63) is 48.0 Å². The first kappa shape index (κ1) is 15.0. The van der Waals surface area contributed by atoms with E-state index in [4.69, 9.17) is 10.5 Å². The van der Waals surface area contributed by atoms with E-state index in [2.05, 4.69) is 4.72 Å². The number of hydrogen-bond acceptors (Lipinski definition) is 4. The maximum absolute atomic E-state index is 13.7. The summed E-state index contributed by atoms with van der Waals surface area (Å²) < 4.78 is 58.1. The van der Waals surface area contributed by atoms with Gasteiger partial charge in [-0.1, -0.05) is 0 Å². The monoisotopic (exact) mass is 314 g/mol. The van der Waals surface area contributed by atoms with Gasteiger partial charge in [-0.3, -0.25) is 4.72 Å². The predicted molar refractivity (Wildman–Crippen MR) is 74.6 cm³/mol. The van der Waals surface area contributed by atoms with Gasteiger partial charge in [0.1, 0.15) is 10.7 Å². The van der Waals surface area contributed by atoms with Crippen LogP contribution in [0, 0.1) is 11.6 Å². The lowest BCUT2D eigenvalue weighted by Crippen LogP contribution is -2.15. The fourth-order valence-corrected chi connectivity index (χ4v) is 2.79. The molecule has 0 saturated heterocycles. The lowest BCUT2D eigenvalue weighted by Gasteiger charge is -2.10. The van der Waals surface area contributed by atoms with Crippen LogP contribution in [0.15, 0.2) is 41.3 Å². The molecule has 0 heterocycles. The van der Waals surface area contributed by atoms with Crippen LogP contribution in [0.5, 0.6) is 5.75 Å². The van der Waals surface area contributed by atoms with Crippen LogP contribution in [0.1, 0.15) is 0 Å². The van der Waals surface area contributed by atoms with E-state index in [0.717, 1.165) is 18.2 Å². The average Bonchev–Trinajstić information content (AvgIpc) is 2.37. The van der Waals surface area contributed by atoms with E-state index in [1.54, 1.807) is 0 Å². The SMILES string of the molecule is COc1ccc(NS(=O)(=O)c2ccc(N)cc2F)cc1F. The van der Waals surface area contributed by atoms with Gasteiger partial charge >= 0.3 is 0 Å². The quantitative estimate of drug-likeness (QED) is 0.849. The summed E-state index contributed by atoms with van der Waals surface area (Å²) in [7, 11) is -2.90. The molecule has 0 spiro atoms. The van der Waals surface area contributed by atoms with Crippen molar-refractivity contribution in [3.63, 3.8) is 0 Å². The molecule has 2 aromatic carbocycles. The van der Waals surface area contributed by atoms with Gasteiger partial charge in [-0.05, 0) is 30.3 Å². The lowest BCUT2D eigenvalue weighted by atomic mass is 10.3. The number of halogens is 2. The van der Waals surface area contributed by atoms with Crippen LogP contribution < -0.4 is 15.2 Å². The van der Waals surface area contributed by atoms with Crippen molar-refractivity contribution >= 4 is 21.4 Å². The second-order valence-electron chi connectivity index (χ2n) is 4.14. The van der Waals surface area contributed by atoms with E-state index in [1.807, 2.05) is 0 Å². The smallest absolute Gasteiger partial charge is 0.264 e. The average molecular weight is 314 g/mol. The van der Waals surface area contributed by atoms with Gasteiger partial charge in [-0.2, -0.15) is 0 Å². The Hall–Kier alpha value is -2.35. The topological polar surface area (TPSA) is 81.4 Å². The van der Waals surface area contributed by atoms with Crippen molar-refractivity contribution in [1.29, 1.82) is 0 Å². The van der Waals surface area contributed by atoms with E-state index in [9.17, 15) is 17.2 Å². The summed E-state index contributed by atoms with van der Waals surface area (Å²) in [5, 5.41) is 0. The highest BCUT2D eigenvalue weighted by molar-refractivity contribution is 7.92. The zero-order chi connectivity index (χ0) is 15.6. The van der Waals surface area contributed by atoms with Crippen LogP contribution in [0.25, 0.3) is 0 Å². The number of rotatable bonds is 4. The van der Waals surface area contributed by atoms with Crippen LogP contribution in [-0.2, 0) is 10.0 Å². The summed E-state index contributed by atoms with van der Waals surface area (Å²) in [5.74, 6) is -1.76. The molecule has 2 aromatic rings. The molecule has 2 rings (SSSR count). The Kier molecular flexibility index (Phi) is 3.99. The number of hydrogen-bond donors (Lipinski definition) is 2. The minimum atomic E-state index is -4.19. The van der Waals surface area contributed by atoms with Gasteiger partial charge in [0.2, 0.25) is 0 Å². The molecular formula is C13H12F2N2O3S. The molecule has 21 heavy (non-hydrogen) atoms.